The fourth-order valence-corrected chi connectivity index (χ4v) is 1.56. The van der Waals surface area contributed by atoms with Crippen LogP contribution < -0.4 is 0 Å². The molecule has 0 amide bonds. The van der Waals surface area contributed by atoms with Crippen molar-refractivity contribution in [2.45, 2.75) is 19.8 Å². The van der Waals surface area contributed by atoms with Crippen LogP contribution in [0.5, 0.6) is 0 Å². The molecular formula is C12H12N4O2. The molecule has 6 heteroatoms. The lowest BCUT2D eigenvalue weighted by Crippen LogP contribution is -2.07. The lowest BCUT2D eigenvalue weighted by molar-refractivity contribution is 0.0694. The Labute approximate surface area is 104 Å². The normalized spacial score (nSPS) is 10.3. The molecule has 2 rings (SSSR count). The van der Waals surface area contributed by atoms with Crippen molar-refractivity contribution in [1.29, 1.82) is 0 Å². The first-order valence-electron chi connectivity index (χ1n) is 5.58. The summed E-state index contributed by atoms with van der Waals surface area (Å²) >= 11 is 0. The maximum atomic E-state index is 11.0. The van der Waals surface area contributed by atoms with Crippen LogP contribution in [0.15, 0.2) is 24.8 Å². The summed E-state index contributed by atoms with van der Waals surface area (Å²) in [7, 11) is 0. The first-order valence-corrected chi connectivity index (χ1v) is 5.58. The van der Waals surface area contributed by atoms with E-state index in [-0.39, 0.29) is 5.56 Å². The number of nitrogens with zero attached hydrogens (tertiary/aromatic N) is 4. The fraction of sp³-hybridized carbons (Fsp3) is 0.250. The molecule has 0 aromatic carbocycles. The summed E-state index contributed by atoms with van der Waals surface area (Å²) in [5, 5.41) is 9.05. The Morgan fingerprint density at radius 2 is 2.11 bits per heavy atom. The first-order chi connectivity index (χ1) is 8.72. The predicted molar refractivity (Wildman–Crippen MR) is 64.0 cm³/mol. The van der Waals surface area contributed by atoms with Crippen molar-refractivity contribution >= 4 is 5.97 Å². The molecule has 0 saturated carbocycles. The quantitative estimate of drug-likeness (QED) is 0.878. The van der Waals surface area contributed by atoms with E-state index >= 15 is 0 Å². The minimum atomic E-state index is -1.01. The van der Waals surface area contributed by atoms with E-state index < -0.39 is 5.97 Å². The fourth-order valence-electron chi connectivity index (χ4n) is 1.56. The third-order valence-corrected chi connectivity index (χ3v) is 2.38. The molecule has 0 fully saturated rings. The molecule has 2 heterocycles. The predicted octanol–water partition coefficient (Wildman–Crippen LogP) is 1.58. The molecule has 0 aliphatic heterocycles. The number of carbonyl (C=O) groups is 1. The third kappa shape index (κ3) is 2.48. The number of rotatable bonds is 4. The second-order valence-electron chi connectivity index (χ2n) is 3.70. The molecule has 18 heavy (non-hydrogen) atoms. The lowest BCUT2D eigenvalue weighted by Gasteiger charge is -2.05. The van der Waals surface area contributed by atoms with Gasteiger partial charge >= 0.3 is 5.97 Å². The molecule has 0 unspecified atom stereocenters. The summed E-state index contributed by atoms with van der Waals surface area (Å²) in [4.78, 5) is 27.3. The van der Waals surface area contributed by atoms with Gasteiger partial charge in [-0.3, -0.25) is 4.98 Å². The Balaban J connectivity index is 2.46. The van der Waals surface area contributed by atoms with Gasteiger partial charge in [-0.25, -0.2) is 19.7 Å². The van der Waals surface area contributed by atoms with Gasteiger partial charge in [-0.05, 0) is 6.42 Å². The van der Waals surface area contributed by atoms with Crippen LogP contribution in [-0.4, -0.2) is 31.0 Å². The molecule has 2 aromatic heterocycles. The van der Waals surface area contributed by atoms with E-state index in [9.17, 15) is 4.79 Å². The molecule has 0 bridgehead atoms. The topological polar surface area (TPSA) is 88.9 Å². The van der Waals surface area contributed by atoms with Gasteiger partial charge < -0.3 is 5.11 Å². The van der Waals surface area contributed by atoms with Crippen LogP contribution in [-0.2, 0) is 6.42 Å². The number of hydrogen-bond donors (Lipinski definition) is 1. The van der Waals surface area contributed by atoms with Crippen molar-refractivity contribution < 1.29 is 9.90 Å². The molecule has 0 atom stereocenters. The summed E-state index contributed by atoms with van der Waals surface area (Å²) in [6, 6.07) is 0. The van der Waals surface area contributed by atoms with Crippen LogP contribution in [0.4, 0.5) is 0 Å². The van der Waals surface area contributed by atoms with E-state index in [2.05, 4.69) is 19.9 Å². The van der Waals surface area contributed by atoms with Crippen LogP contribution in [0.25, 0.3) is 11.5 Å². The summed E-state index contributed by atoms with van der Waals surface area (Å²) in [6.45, 7) is 1.97. The highest BCUT2D eigenvalue weighted by atomic mass is 16.4. The smallest absolute Gasteiger partial charge is 0.339 e. The van der Waals surface area contributed by atoms with Crippen molar-refractivity contribution in [1.82, 2.24) is 19.9 Å². The minimum absolute atomic E-state index is 0.143. The van der Waals surface area contributed by atoms with Gasteiger partial charge in [-0.15, -0.1) is 0 Å². The second kappa shape index (κ2) is 5.31. The van der Waals surface area contributed by atoms with Gasteiger partial charge in [0.05, 0.1) is 17.5 Å². The maximum absolute atomic E-state index is 11.0. The highest BCUT2D eigenvalue weighted by Gasteiger charge is 2.14. The summed E-state index contributed by atoms with van der Waals surface area (Å²) in [5.74, 6) is -0.610. The van der Waals surface area contributed by atoms with Crippen LogP contribution in [0.1, 0.15) is 29.4 Å². The largest absolute Gasteiger partial charge is 0.478 e. The van der Waals surface area contributed by atoms with Crippen molar-refractivity contribution in [2.24, 2.45) is 0 Å². The van der Waals surface area contributed by atoms with Crippen molar-refractivity contribution in [2.75, 3.05) is 0 Å². The SMILES string of the molecule is CCCc1nc(-c2cnccn2)ncc1C(=O)O. The van der Waals surface area contributed by atoms with Crippen LogP contribution in [0.3, 0.4) is 0 Å². The summed E-state index contributed by atoms with van der Waals surface area (Å²) in [5.41, 5.74) is 1.21. The molecular weight excluding hydrogens is 232 g/mol. The Hall–Kier alpha value is -2.37. The number of aromatic nitrogens is 4. The number of aromatic carboxylic acids is 1. The number of hydrogen-bond acceptors (Lipinski definition) is 5. The van der Waals surface area contributed by atoms with Crippen molar-refractivity contribution in [3.8, 4) is 11.5 Å². The van der Waals surface area contributed by atoms with Gasteiger partial charge in [0.25, 0.3) is 0 Å². The van der Waals surface area contributed by atoms with E-state index in [1.807, 2.05) is 6.92 Å². The highest BCUT2D eigenvalue weighted by Crippen LogP contribution is 2.14. The number of carboxylic acids is 1. The van der Waals surface area contributed by atoms with E-state index in [1.54, 1.807) is 18.6 Å². The molecule has 0 saturated heterocycles. The molecule has 6 nitrogen and oxygen atoms in total. The zero-order chi connectivity index (χ0) is 13.0. The van der Waals surface area contributed by atoms with Gasteiger partial charge in [0.1, 0.15) is 5.69 Å². The van der Waals surface area contributed by atoms with E-state index in [0.29, 0.717) is 23.6 Å². The van der Waals surface area contributed by atoms with Gasteiger partial charge in [0.15, 0.2) is 5.82 Å². The lowest BCUT2D eigenvalue weighted by atomic mass is 10.1. The highest BCUT2D eigenvalue weighted by molar-refractivity contribution is 5.88. The second-order valence-corrected chi connectivity index (χ2v) is 3.70. The number of aryl methyl sites for hydroxylation is 1. The maximum Gasteiger partial charge on any atom is 0.339 e. The van der Waals surface area contributed by atoms with Crippen molar-refractivity contribution in [3.63, 3.8) is 0 Å². The molecule has 92 valence electrons. The molecule has 0 radical (unpaired) electrons. The zero-order valence-corrected chi connectivity index (χ0v) is 9.87. The first kappa shape index (κ1) is 12.1. The van der Waals surface area contributed by atoms with Crippen molar-refractivity contribution in [3.05, 3.63) is 36.0 Å². The van der Waals surface area contributed by atoms with Gasteiger partial charge in [0, 0.05) is 18.6 Å². The zero-order valence-electron chi connectivity index (χ0n) is 9.87. The average molecular weight is 244 g/mol. The molecule has 0 aliphatic carbocycles. The molecule has 1 N–H and O–H groups in total. The third-order valence-electron chi connectivity index (χ3n) is 2.38. The van der Waals surface area contributed by atoms with Crippen LogP contribution in [0.2, 0.25) is 0 Å². The van der Waals surface area contributed by atoms with Crippen LogP contribution >= 0.6 is 0 Å². The monoisotopic (exact) mass is 244 g/mol. The molecule has 0 aliphatic rings. The Bertz CT molecular complexity index is 557. The molecule has 0 spiro atoms. The van der Waals surface area contributed by atoms with E-state index in [1.165, 1.54) is 6.20 Å². The standard InChI is InChI=1S/C12H12N4O2/c1-2-3-9-8(12(17)18)6-15-11(16-9)10-7-13-4-5-14-10/h4-7H,2-3H2,1H3,(H,17,18). The van der Waals surface area contributed by atoms with E-state index in [0.717, 1.165) is 6.42 Å². The van der Waals surface area contributed by atoms with Gasteiger partial charge in [-0.2, -0.15) is 0 Å². The Morgan fingerprint density at radius 3 is 2.72 bits per heavy atom. The Morgan fingerprint density at radius 1 is 1.28 bits per heavy atom. The van der Waals surface area contributed by atoms with Gasteiger partial charge in [-0.1, -0.05) is 13.3 Å². The number of carboxylic acid groups (broad SMARTS) is 1. The minimum Gasteiger partial charge on any atom is -0.478 e. The van der Waals surface area contributed by atoms with E-state index in [4.69, 9.17) is 5.11 Å². The average Bonchev–Trinajstić information content (AvgIpc) is 2.40. The summed E-state index contributed by atoms with van der Waals surface area (Å²) in [6.07, 6.45) is 7.38. The molecule has 2 aromatic rings. The summed E-state index contributed by atoms with van der Waals surface area (Å²) < 4.78 is 0. The van der Waals surface area contributed by atoms with Gasteiger partial charge in [0.2, 0.25) is 0 Å². The Kier molecular flexibility index (Phi) is 3.57. The van der Waals surface area contributed by atoms with Crippen LogP contribution in [0, 0.1) is 0 Å².